The Kier molecular flexibility index (Phi) is 6.05. The zero-order valence-corrected chi connectivity index (χ0v) is 11.0. The van der Waals surface area contributed by atoms with E-state index >= 15 is 0 Å². The molecule has 4 heteroatoms. The van der Waals surface area contributed by atoms with Gasteiger partial charge >= 0.3 is 0 Å². The first kappa shape index (κ1) is 14.0. The second kappa shape index (κ2) is 7.33. The average Bonchev–Trinajstić information content (AvgIpc) is 2.30. The highest BCUT2D eigenvalue weighted by Gasteiger charge is 2.07. The largest absolute Gasteiger partial charge is 0.490 e. The Morgan fingerprint density at radius 2 is 2.24 bits per heavy atom. The van der Waals surface area contributed by atoms with Crippen LogP contribution in [0.1, 0.15) is 30.6 Å². The number of carbonyl (C=O) groups is 1. The molecule has 1 aromatic rings. The van der Waals surface area contributed by atoms with Gasteiger partial charge in [0, 0.05) is 5.56 Å². The van der Waals surface area contributed by atoms with Crippen LogP contribution in [0.15, 0.2) is 18.2 Å². The van der Waals surface area contributed by atoms with Crippen molar-refractivity contribution in [2.75, 3.05) is 18.1 Å². The van der Waals surface area contributed by atoms with Gasteiger partial charge in [0.2, 0.25) is 0 Å². The molecule has 0 radical (unpaired) electrons. The number of Topliss-reactive ketones (excluding diaryl/α,β-unsaturated/α-hetero) is 1. The number of thioether (sulfide) groups is 1. The number of hydrogen-bond acceptors (Lipinski definition) is 3. The molecule has 0 amide bonds. The summed E-state index contributed by atoms with van der Waals surface area (Å²) in [5.74, 6) is 1.71. The van der Waals surface area contributed by atoms with Crippen molar-refractivity contribution in [1.82, 2.24) is 0 Å². The maximum atomic E-state index is 13.5. The fraction of sp³-hybridized carbons (Fsp3) is 0.462. The maximum absolute atomic E-state index is 13.5. The molecule has 0 atom stereocenters. The van der Waals surface area contributed by atoms with Crippen molar-refractivity contribution in [2.45, 2.75) is 20.3 Å². The number of ether oxygens (including phenoxy) is 1. The van der Waals surface area contributed by atoms with Crippen LogP contribution < -0.4 is 4.74 Å². The zero-order chi connectivity index (χ0) is 12.7. The molecule has 0 spiro atoms. The minimum atomic E-state index is -0.471. The molecule has 1 aromatic carbocycles. The van der Waals surface area contributed by atoms with Crippen molar-refractivity contribution in [3.05, 3.63) is 29.6 Å². The van der Waals surface area contributed by atoms with E-state index in [0.717, 1.165) is 17.9 Å². The summed E-state index contributed by atoms with van der Waals surface area (Å²) in [6, 6.07) is 4.32. The lowest BCUT2D eigenvalue weighted by Gasteiger charge is -2.07. The predicted molar refractivity (Wildman–Crippen MR) is 69.5 cm³/mol. The highest BCUT2D eigenvalue weighted by molar-refractivity contribution is 7.99. The van der Waals surface area contributed by atoms with Crippen molar-refractivity contribution in [1.29, 1.82) is 0 Å². The number of rotatable bonds is 7. The lowest BCUT2D eigenvalue weighted by atomic mass is 10.1. The van der Waals surface area contributed by atoms with Crippen LogP contribution in [-0.4, -0.2) is 23.9 Å². The molecule has 2 nitrogen and oxygen atoms in total. The molecular formula is C13H17FO2S. The third-order valence-electron chi connectivity index (χ3n) is 2.23. The third kappa shape index (κ3) is 4.77. The minimum Gasteiger partial charge on any atom is -0.490 e. The molecule has 0 bridgehead atoms. The van der Waals surface area contributed by atoms with Gasteiger partial charge in [0.05, 0.1) is 6.61 Å². The van der Waals surface area contributed by atoms with E-state index in [0.29, 0.717) is 12.2 Å². The molecule has 0 saturated carbocycles. The molecular weight excluding hydrogens is 239 g/mol. The maximum Gasteiger partial charge on any atom is 0.165 e. The average molecular weight is 256 g/mol. The van der Waals surface area contributed by atoms with Gasteiger partial charge in [-0.25, -0.2) is 4.39 Å². The van der Waals surface area contributed by atoms with Crippen LogP contribution in [0.2, 0.25) is 0 Å². The summed E-state index contributed by atoms with van der Waals surface area (Å²) in [5.41, 5.74) is 0.372. The molecule has 0 fully saturated rings. The minimum absolute atomic E-state index is 0.144. The summed E-state index contributed by atoms with van der Waals surface area (Å²) >= 11 is 1.84. The fourth-order valence-corrected chi connectivity index (χ4v) is 1.93. The second-order valence-corrected chi connectivity index (χ2v) is 4.99. The summed E-state index contributed by atoms with van der Waals surface area (Å²) in [6.07, 6.45) is 0.895. The Labute approximate surface area is 106 Å². The van der Waals surface area contributed by atoms with Crippen molar-refractivity contribution in [2.24, 2.45) is 0 Å². The molecule has 1 rings (SSSR count). The van der Waals surface area contributed by atoms with Crippen LogP contribution in [0.3, 0.4) is 0 Å². The molecule has 0 aromatic heterocycles. The van der Waals surface area contributed by atoms with Gasteiger partial charge in [0.25, 0.3) is 0 Å². The van der Waals surface area contributed by atoms with E-state index in [1.54, 1.807) is 6.07 Å². The normalized spacial score (nSPS) is 10.3. The SMILES string of the molecule is CCSCCCOc1ccc(C(C)=O)cc1F. The summed E-state index contributed by atoms with van der Waals surface area (Å²) in [6.45, 7) is 4.02. The monoisotopic (exact) mass is 256 g/mol. The van der Waals surface area contributed by atoms with E-state index in [4.69, 9.17) is 4.74 Å². The number of hydrogen-bond donors (Lipinski definition) is 0. The molecule has 94 valence electrons. The van der Waals surface area contributed by atoms with Crippen LogP contribution in [0.4, 0.5) is 4.39 Å². The van der Waals surface area contributed by atoms with E-state index in [2.05, 4.69) is 6.92 Å². The molecule has 0 aliphatic carbocycles. The standard InChI is InChI=1S/C13H17FO2S/c1-3-17-8-4-7-16-13-6-5-11(10(2)15)9-12(13)14/h5-6,9H,3-4,7-8H2,1-2H3. The Hall–Kier alpha value is -1.03. The quantitative estimate of drug-likeness (QED) is 0.551. The van der Waals surface area contributed by atoms with Crippen molar-refractivity contribution in [3.8, 4) is 5.75 Å². The molecule has 0 saturated heterocycles. The summed E-state index contributed by atoms with van der Waals surface area (Å²) in [4.78, 5) is 11.0. The van der Waals surface area contributed by atoms with Gasteiger partial charge < -0.3 is 4.74 Å². The number of carbonyl (C=O) groups excluding carboxylic acids is 1. The number of benzene rings is 1. The van der Waals surface area contributed by atoms with Crippen LogP contribution in [-0.2, 0) is 0 Å². The Balaban J connectivity index is 2.46. The molecule has 0 heterocycles. The Bertz CT molecular complexity index is 380. The van der Waals surface area contributed by atoms with Crippen molar-refractivity contribution in [3.63, 3.8) is 0 Å². The first-order chi connectivity index (χ1) is 8.15. The lowest BCUT2D eigenvalue weighted by Crippen LogP contribution is -2.02. The van der Waals surface area contributed by atoms with Crippen molar-refractivity contribution >= 4 is 17.5 Å². The van der Waals surface area contributed by atoms with Crippen LogP contribution in [0.5, 0.6) is 5.75 Å². The zero-order valence-electron chi connectivity index (χ0n) is 10.2. The van der Waals surface area contributed by atoms with Gasteiger partial charge in [-0.05, 0) is 43.0 Å². The van der Waals surface area contributed by atoms with E-state index in [1.807, 2.05) is 11.8 Å². The lowest BCUT2D eigenvalue weighted by molar-refractivity contribution is 0.101. The number of ketones is 1. The third-order valence-corrected chi connectivity index (χ3v) is 3.22. The van der Waals surface area contributed by atoms with Gasteiger partial charge in [0.15, 0.2) is 17.3 Å². The fourth-order valence-electron chi connectivity index (χ4n) is 1.32. The van der Waals surface area contributed by atoms with Gasteiger partial charge in [-0.3, -0.25) is 4.79 Å². The first-order valence-corrected chi connectivity index (χ1v) is 6.81. The van der Waals surface area contributed by atoms with Crippen molar-refractivity contribution < 1.29 is 13.9 Å². The smallest absolute Gasteiger partial charge is 0.165 e. The highest BCUT2D eigenvalue weighted by Crippen LogP contribution is 2.19. The first-order valence-electron chi connectivity index (χ1n) is 5.66. The number of halogens is 1. The van der Waals surface area contributed by atoms with Gasteiger partial charge in [-0.15, -0.1) is 0 Å². The van der Waals surface area contributed by atoms with Crippen LogP contribution in [0, 0.1) is 5.82 Å². The molecule has 0 aliphatic heterocycles. The van der Waals surface area contributed by atoms with Crippen LogP contribution in [0.25, 0.3) is 0 Å². The topological polar surface area (TPSA) is 26.3 Å². The molecule has 17 heavy (non-hydrogen) atoms. The Morgan fingerprint density at radius 3 is 2.82 bits per heavy atom. The van der Waals surface area contributed by atoms with Gasteiger partial charge in [0.1, 0.15) is 0 Å². The van der Waals surface area contributed by atoms with Crippen LogP contribution >= 0.6 is 11.8 Å². The van der Waals surface area contributed by atoms with E-state index in [1.165, 1.54) is 19.1 Å². The summed E-state index contributed by atoms with van der Waals surface area (Å²) in [5, 5.41) is 0. The molecule has 0 unspecified atom stereocenters. The van der Waals surface area contributed by atoms with Gasteiger partial charge in [-0.2, -0.15) is 11.8 Å². The molecule has 0 N–H and O–H groups in total. The molecule has 0 aliphatic rings. The predicted octanol–water partition coefficient (Wildman–Crippen LogP) is 3.55. The van der Waals surface area contributed by atoms with E-state index in [9.17, 15) is 9.18 Å². The van der Waals surface area contributed by atoms with E-state index < -0.39 is 5.82 Å². The highest BCUT2D eigenvalue weighted by atomic mass is 32.2. The summed E-state index contributed by atoms with van der Waals surface area (Å²) in [7, 11) is 0. The van der Waals surface area contributed by atoms with E-state index in [-0.39, 0.29) is 11.5 Å². The Morgan fingerprint density at radius 1 is 1.47 bits per heavy atom. The summed E-state index contributed by atoms with van der Waals surface area (Å²) < 4.78 is 18.8. The second-order valence-electron chi connectivity index (χ2n) is 3.60. The van der Waals surface area contributed by atoms with Gasteiger partial charge in [-0.1, -0.05) is 6.92 Å².